The lowest BCUT2D eigenvalue weighted by atomic mass is 10.7. The Balaban J connectivity index is 4.23. The molecule has 0 aromatic rings. The first-order valence-corrected chi connectivity index (χ1v) is 2.23. The smallest absolute Gasteiger partial charge is 0.336 e. The molecule has 0 rings (SSSR count). The molecule has 0 saturated carbocycles. The summed E-state index contributed by atoms with van der Waals surface area (Å²) in [4.78, 5) is 29.2. The molecule has 0 amide bonds. The second kappa shape index (κ2) is 3.29. The van der Waals surface area contributed by atoms with Crippen molar-refractivity contribution in [1.29, 1.82) is 0 Å². The lowest BCUT2D eigenvalue weighted by Gasteiger charge is -1.98. The SMILES string of the molecule is O=C(O)CN([N+](=O)[O-])[N+](=O)[O-]. The summed E-state index contributed by atoms with van der Waals surface area (Å²) in [5, 5.41) is 23.9. The van der Waals surface area contributed by atoms with Gasteiger partial charge in [-0.15, -0.1) is 0 Å². The molecule has 9 nitrogen and oxygen atoms in total. The van der Waals surface area contributed by atoms with Gasteiger partial charge >= 0.3 is 5.97 Å². The molecule has 0 radical (unpaired) electrons. The summed E-state index contributed by atoms with van der Waals surface area (Å²) < 4.78 is 0. The van der Waals surface area contributed by atoms with E-state index in [0.29, 0.717) is 0 Å². The molecule has 0 aromatic carbocycles. The molecular weight excluding hydrogens is 162 g/mol. The zero-order chi connectivity index (χ0) is 9.02. The molecule has 9 heteroatoms. The summed E-state index contributed by atoms with van der Waals surface area (Å²) in [5.41, 5.74) is 0. The second-order valence-corrected chi connectivity index (χ2v) is 1.40. The van der Waals surface area contributed by atoms with E-state index in [-0.39, 0.29) is 0 Å². The highest BCUT2D eigenvalue weighted by Gasteiger charge is 2.29. The van der Waals surface area contributed by atoms with E-state index in [1.54, 1.807) is 0 Å². The number of carbonyl (C=O) groups is 1. The second-order valence-electron chi connectivity index (χ2n) is 1.40. The van der Waals surface area contributed by atoms with Crippen LogP contribution in [-0.2, 0) is 4.79 Å². The van der Waals surface area contributed by atoms with Crippen LogP contribution in [0.15, 0.2) is 0 Å². The first kappa shape index (κ1) is 9.07. The minimum Gasteiger partial charge on any atom is -0.480 e. The molecule has 0 aliphatic carbocycles. The van der Waals surface area contributed by atoms with Crippen molar-refractivity contribution in [1.82, 2.24) is 5.12 Å². The fourth-order valence-corrected chi connectivity index (χ4v) is 0.296. The summed E-state index contributed by atoms with van der Waals surface area (Å²) >= 11 is 0. The van der Waals surface area contributed by atoms with Crippen LogP contribution < -0.4 is 0 Å². The van der Waals surface area contributed by atoms with Crippen LogP contribution >= 0.6 is 0 Å². The van der Waals surface area contributed by atoms with Crippen LogP contribution in [0.25, 0.3) is 0 Å². The number of rotatable bonds is 4. The third-order valence-electron chi connectivity index (χ3n) is 0.654. The molecule has 0 heterocycles. The maximum atomic E-state index is 9.77. The van der Waals surface area contributed by atoms with Gasteiger partial charge in [-0.1, -0.05) is 0 Å². The molecule has 0 saturated heterocycles. The average molecular weight is 165 g/mol. The van der Waals surface area contributed by atoms with Crippen molar-refractivity contribution in [3.63, 3.8) is 0 Å². The minimum atomic E-state index is -1.64. The van der Waals surface area contributed by atoms with Gasteiger partial charge in [0.15, 0.2) is 5.12 Å². The van der Waals surface area contributed by atoms with Gasteiger partial charge in [0.1, 0.15) is 0 Å². The maximum absolute atomic E-state index is 9.77. The predicted octanol–water partition coefficient (Wildman–Crippen LogP) is -1.24. The molecular formula is C2H3N3O6. The summed E-state index contributed by atoms with van der Waals surface area (Å²) in [6.45, 7) is -1.26. The molecule has 0 unspecified atom stereocenters. The molecule has 11 heavy (non-hydrogen) atoms. The molecule has 1 N–H and O–H groups in total. The van der Waals surface area contributed by atoms with Gasteiger partial charge in [-0.25, -0.2) is 25.0 Å². The van der Waals surface area contributed by atoms with Crippen LogP contribution in [0.3, 0.4) is 0 Å². The first-order valence-electron chi connectivity index (χ1n) is 2.23. The van der Waals surface area contributed by atoms with Gasteiger partial charge in [0.2, 0.25) is 16.6 Å². The Kier molecular flexibility index (Phi) is 2.71. The van der Waals surface area contributed by atoms with E-state index in [0.717, 1.165) is 0 Å². The molecule has 0 bridgehead atoms. The number of carboxylic acids is 1. The number of nitro groups is 2. The highest BCUT2D eigenvalue weighted by Crippen LogP contribution is 1.87. The quantitative estimate of drug-likeness (QED) is 0.407. The number of hydrazine groups is 2. The topological polar surface area (TPSA) is 127 Å². The lowest BCUT2D eigenvalue weighted by molar-refractivity contribution is -0.905. The van der Waals surface area contributed by atoms with Crippen LogP contribution in [0.4, 0.5) is 0 Å². The standard InChI is InChI=1S/C2H3N3O6/c6-2(7)1-3(4(8)9)5(10)11/h1H2,(H,6,7). The van der Waals surface area contributed by atoms with Crippen molar-refractivity contribution < 1.29 is 20.0 Å². The molecule has 0 fully saturated rings. The van der Waals surface area contributed by atoms with Gasteiger partial charge in [0.25, 0.3) is 0 Å². The van der Waals surface area contributed by atoms with Gasteiger partial charge < -0.3 is 5.11 Å². The summed E-state index contributed by atoms with van der Waals surface area (Å²) in [6, 6.07) is 0. The van der Waals surface area contributed by atoms with Crippen molar-refractivity contribution in [2.45, 2.75) is 0 Å². The lowest BCUT2D eigenvalue weighted by Crippen LogP contribution is -2.39. The van der Waals surface area contributed by atoms with Gasteiger partial charge in [-0.3, -0.25) is 0 Å². The molecule has 62 valence electrons. The van der Waals surface area contributed by atoms with E-state index in [4.69, 9.17) is 5.11 Å². The van der Waals surface area contributed by atoms with Crippen molar-refractivity contribution in [2.24, 2.45) is 0 Å². The Morgan fingerprint density at radius 3 is 1.82 bits per heavy atom. The summed E-state index contributed by atoms with van der Waals surface area (Å²) in [5.74, 6) is -1.64. The largest absolute Gasteiger partial charge is 0.480 e. The van der Waals surface area contributed by atoms with Crippen LogP contribution in [0.1, 0.15) is 0 Å². The van der Waals surface area contributed by atoms with Gasteiger partial charge in [-0.05, 0) is 0 Å². The third-order valence-corrected chi connectivity index (χ3v) is 0.654. The first-order chi connectivity index (χ1) is 4.95. The van der Waals surface area contributed by atoms with E-state index in [1.165, 1.54) is 0 Å². The predicted molar refractivity (Wildman–Crippen MR) is 28.3 cm³/mol. The number of nitrogens with zero attached hydrogens (tertiary/aromatic N) is 3. The van der Waals surface area contributed by atoms with Crippen LogP contribution in [0.2, 0.25) is 0 Å². The molecule has 0 aromatic heterocycles. The van der Waals surface area contributed by atoms with E-state index in [9.17, 15) is 25.0 Å². The van der Waals surface area contributed by atoms with Crippen molar-refractivity contribution in [3.05, 3.63) is 20.2 Å². The van der Waals surface area contributed by atoms with Crippen LogP contribution in [0, 0.1) is 20.2 Å². The fourth-order valence-electron chi connectivity index (χ4n) is 0.296. The van der Waals surface area contributed by atoms with Crippen molar-refractivity contribution in [3.8, 4) is 0 Å². The monoisotopic (exact) mass is 165 g/mol. The number of aliphatic carboxylic acids is 1. The van der Waals surface area contributed by atoms with Crippen LogP contribution in [-0.4, -0.2) is 32.8 Å². The van der Waals surface area contributed by atoms with E-state index >= 15 is 0 Å². The normalized spacial score (nSPS) is 8.73. The van der Waals surface area contributed by atoms with Crippen molar-refractivity contribution in [2.75, 3.05) is 6.54 Å². The average Bonchev–Trinajstić information content (AvgIpc) is 1.81. The highest BCUT2D eigenvalue weighted by molar-refractivity contribution is 5.68. The number of carboxylic acid groups (broad SMARTS) is 1. The zero-order valence-electron chi connectivity index (χ0n) is 5.04. The minimum absolute atomic E-state index is 0.623. The van der Waals surface area contributed by atoms with E-state index in [2.05, 4.69) is 0 Å². The highest BCUT2D eigenvalue weighted by atomic mass is 16.8. The zero-order valence-corrected chi connectivity index (χ0v) is 5.04. The number of hydrogen-bond acceptors (Lipinski definition) is 5. The Hall–Kier alpha value is -1.93. The summed E-state index contributed by atoms with van der Waals surface area (Å²) in [6.07, 6.45) is 0. The van der Waals surface area contributed by atoms with Gasteiger partial charge in [0.05, 0.1) is 0 Å². The third kappa shape index (κ3) is 2.93. The Labute approximate surface area is 59.1 Å². The van der Waals surface area contributed by atoms with E-state index < -0.39 is 27.7 Å². The number of hydrogen-bond donors (Lipinski definition) is 1. The Morgan fingerprint density at radius 2 is 1.73 bits per heavy atom. The van der Waals surface area contributed by atoms with E-state index in [1.807, 2.05) is 0 Å². The Bertz CT molecular complexity index is 186. The molecule has 0 aliphatic rings. The van der Waals surface area contributed by atoms with Gasteiger partial charge in [0, 0.05) is 0 Å². The Morgan fingerprint density at radius 1 is 1.36 bits per heavy atom. The molecule has 0 atom stereocenters. The molecule has 0 spiro atoms. The summed E-state index contributed by atoms with van der Waals surface area (Å²) in [7, 11) is 0. The fraction of sp³-hybridized carbons (Fsp3) is 0.500. The van der Waals surface area contributed by atoms with Crippen LogP contribution in [0.5, 0.6) is 0 Å². The molecule has 0 aliphatic heterocycles. The maximum Gasteiger partial charge on any atom is 0.336 e. The van der Waals surface area contributed by atoms with Gasteiger partial charge in [-0.2, -0.15) is 0 Å². The van der Waals surface area contributed by atoms with Crippen molar-refractivity contribution >= 4 is 5.97 Å².